The number of rotatable bonds is 4. The fraction of sp³-hybridized carbons (Fsp3) is 0.167. The number of nitrogens with two attached hydrogens (primary N) is 1. The largest absolute Gasteiger partial charge is 0.508 e. The predicted octanol–water partition coefficient (Wildman–Crippen LogP) is 6.56. The maximum Gasteiger partial charge on any atom is 0.248 e. The number of benzene rings is 8. The molecule has 6 aliphatic rings. The van der Waals surface area contributed by atoms with Crippen molar-refractivity contribution in [3.8, 4) is 80.1 Å². The van der Waals surface area contributed by atoms with Gasteiger partial charge in [-0.3, -0.25) is 38.5 Å². The SMILES string of the molecule is CN(Cc1ccccc1)C1C(=O)NC2Cc3ccc(cc3)Oc3cc4cc(c3O)Oc3ccc(cc3Cl)C(O)C3NC(=O)C(NC(=O)C4NC(=O)C(NC2=O)c2cc(cc(O)c2Cl)Oc2cc1ccc2O)c1ccc(O)c(c1)-c1c(O)cc(O)cc1C(C(N)=O)NC3=O. The molecule has 14 rings (SSSR count). The number of aliphatic hydroxyl groups is 1. The number of nitrogens with one attached hydrogen (secondary N) is 6. The molecule has 6 heterocycles. The topological polar surface area (TPSA) is 390 Å². The number of phenols is 6. The number of hydrogen-bond acceptors (Lipinski definition) is 18. The Balaban J connectivity index is 1.06. The molecule has 7 amide bonds. The van der Waals surface area contributed by atoms with Crippen LogP contribution in [0.2, 0.25) is 10.0 Å². The summed E-state index contributed by atoms with van der Waals surface area (Å²) in [4.78, 5) is 107. The van der Waals surface area contributed by atoms with Crippen molar-refractivity contribution in [2.45, 2.75) is 61.4 Å². The third-order valence-electron chi connectivity index (χ3n) is 16.2. The van der Waals surface area contributed by atoms with Gasteiger partial charge in [-0.25, -0.2) is 0 Å². The first-order chi connectivity index (χ1) is 44.5. The summed E-state index contributed by atoms with van der Waals surface area (Å²) >= 11 is 13.8. The number of carbonyl (C=O) groups excluding carboxylic acids is 7. The number of aliphatic hydroxyl groups excluding tert-OH is 1. The summed E-state index contributed by atoms with van der Waals surface area (Å²) < 4.78 is 18.8. The molecule has 27 heteroatoms. The number of amides is 7. The van der Waals surface area contributed by atoms with Crippen LogP contribution in [0.1, 0.15) is 80.8 Å². The fourth-order valence-electron chi connectivity index (χ4n) is 11.6. The molecular formula is C66H54Cl2N8O17. The van der Waals surface area contributed by atoms with E-state index in [2.05, 4.69) is 31.9 Å². The second kappa shape index (κ2) is 24.9. The van der Waals surface area contributed by atoms with Crippen molar-refractivity contribution in [2.75, 3.05) is 7.05 Å². The van der Waals surface area contributed by atoms with E-state index in [4.69, 9.17) is 43.1 Å². The third-order valence-corrected chi connectivity index (χ3v) is 16.9. The Morgan fingerprint density at radius 1 is 0.538 bits per heavy atom. The maximum atomic E-state index is 15.9. The van der Waals surface area contributed by atoms with Gasteiger partial charge in [0.15, 0.2) is 23.0 Å². The van der Waals surface area contributed by atoms with Crippen molar-refractivity contribution in [2.24, 2.45) is 5.73 Å². The molecule has 0 aliphatic carbocycles. The second-order valence-electron chi connectivity index (χ2n) is 22.5. The molecule has 8 aromatic rings. The van der Waals surface area contributed by atoms with Crippen LogP contribution in [0.25, 0.3) is 11.1 Å². The highest BCUT2D eigenvalue weighted by atomic mass is 35.5. The Morgan fingerprint density at radius 2 is 1.17 bits per heavy atom. The average Bonchev–Trinajstić information content (AvgIpc) is 0.784. The quantitative estimate of drug-likeness (QED) is 0.0887. The molecule has 8 unspecified atom stereocenters. The van der Waals surface area contributed by atoms with Gasteiger partial charge >= 0.3 is 0 Å². The van der Waals surface area contributed by atoms with Gasteiger partial charge in [0, 0.05) is 41.8 Å². The van der Waals surface area contributed by atoms with Crippen LogP contribution < -0.4 is 51.8 Å². The van der Waals surface area contributed by atoms with Gasteiger partial charge < -0.3 is 87.6 Å². The Hall–Kier alpha value is -11.3. The molecule has 93 heavy (non-hydrogen) atoms. The van der Waals surface area contributed by atoms with Crippen LogP contribution in [0.5, 0.6) is 69.0 Å². The first-order valence-electron chi connectivity index (χ1n) is 28.5. The van der Waals surface area contributed by atoms with Crippen molar-refractivity contribution in [3.05, 3.63) is 200 Å². The van der Waals surface area contributed by atoms with Gasteiger partial charge in [0.05, 0.1) is 10.0 Å². The lowest BCUT2D eigenvalue weighted by atomic mass is 9.89. The van der Waals surface area contributed by atoms with Crippen molar-refractivity contribution in [1.82, 2.24) is 36.8 Å². The molecule has 0 radical (unpaired) electrons. The van der Waals surface area contributed by atoms with Crippen LogP contribution in [-0.4, -0.2) is 101 Å². The third kappa shape index (κ3) is 12.3. The highest BCUT2D eigenvalue weighted by Gasteiger charge is 2.42. The number of fused-ring (bicyclic) bond motifs is 14. The zero-order valence-corrected chi connectivity index (χ0v) is 49.9. The van der Waals surface area contributed by atoms with E-state index in [1.54, 1.807) is 24.1 Å². The number of halogens is 2. The summed E-state index contributed by atoms with van der Waals surface area (Å²) in [6.07, 6.45) is -2.36. The Kier molecular flexibility index (Phi) is 16.6. The number of nitrogens with zero attached hydrogens (tertiary/aromatic N) is 1. The number of aromatic hydroxyl groups is 6. The molecule has 0 spiro atoms. The van der Waals surface area contributed by atoms with Crippen molar-refractivity contribution >= 4 is 64.6 Å². The van der Waals surface area contributed by atoms with E-state index < -0.39 is 146 Å². The van der Waals surface area contributed by atoms with E-state index in [-0.39, 0.29) is 74.4 Å². The van der Waals surface area contributed by atoms with E-state index in [1.165, 1.54) is 48.5 Å². The summed E-state index contributed by atoms with van der Waals surface area (Å²) in [7, 11) is 1.67. The number of hydrogen-bond donors (Lipinski definition) is 14. The molecule has 8 aromatic carbocycles. The number of likely N-dealkylation sites (N-methyl/N-ethyl adjacent to an activating group) is 1. The van der Waals surface area contributed by atoms with E-state index in [9.17, 15) is 45.3 Å². The van der Waals surface area contributed by atoms with Crippen LogP contribution in [0, 0.1) is 0 Å². The van der Waals surface area contributed by atoms with E-state index >= 15 is 24.0 Å². The van der Waals surface area contributed by atoms with Crippen LogP contribution >= 0.6 is 23.2 Å². The predicted molar refractivity (Wildman–Crippen MR) is 330 cm³/mol. The van der Waals surface area contributed by atoms with Crippen LogP contribution in [-0.2, 0) is 46.5 Å². The number of phenolic OH excluding ortho intramolecular Hbond substituents is 6. The molecule has 0 aromatic heterocycles. The monoisotopic (exact) mass is 1300 g/mol. The fourth-order valence-corrected chi connectivity index (χ4v) is 12.1. The first kappa shape index (κ1) is 62.0. The van der Waals surface area contributed by atoms with Gasteiger partial charge in [-0.2, -0.15) is 0 Å². The van der Waals surface area contributed by atoms with Gasteiger partial charge in [-0.05, 0) is 119 Å². The zero-order valence-electron chi connectivity index (χ0n) is 48.4. The number of ether oxygens (including phenoxy) is 3. The summed E-state index contributed by atoms with van der Waals surface area (Å²) in [5, 5.41) is 95.8. The summed E-state index contributed by atoms with van der Waals surface area (Å²) in [5.41, 5.74) is 5.16. The summed E-state index contributed by atoms with van der Waals surface area (Å²) in [6.45, 7) is 0.192. The summed E-state index contributed by atoms with van der Waals surface area (Å²) in [5.74, 6) is -13.7. The van der Waals surface area contributed by atoms with E-state index in [1.807, 2.05) is 30.3 Å². The van der Waals surface area contributed by atoms with Crippen molar-refractivity contribution < 1.29 is 83.5 Å². The first-order valence-corrected chi connectivity index (χ1v) is 29.3. The lowest BCUT2D eigenvalue weighted by Gasteiger charge is -2.32. The molecule has 0 saturated heterocycles. The van der Waals surface area contributed by atoms with Gasteiger partial charge in [-0.15, -0.1) is 0 Å². The van der Waals surface area contributed by atoms with Crippen molar-refractivity contribution in [1.29, 1.82) is 0 Å². The lowest BCUT2D eigenvalue weighted by Crippen LogP contribution is -2.55. The standard InChI is InChI=1S/C66H54Cl2N8O17/c1-76(27-29-5-3-2-4-6-29)57-31-10-15-43(79)47(20-31)92-36-25-39(51(68)45(81)26-36)55-64(88)72-53-33-21-48(91-35-12-7-28(8-13-35)17-41(61(85)74-55)70-66(57)90)59(83)49(22-33)93-46-16-11-32(19-40(46)67)58(82)56-65(89)73-54(60(69)84)38-23-34(77)24-44(80)50(38)37-18-30(9-14-42(37)78)52(62(86)75-56)71-63(53)87/h2-16,18-26,41,52-58,77-83H,17,27H2,1H3,(H2,69,84)(H,70,90)(H,71,87)(H,72,88)(H,73,89)(H,74,85)(H,75,86). The highest BCUT2D eigenvalue weighted by molar-refractivity contribution is 6.33. The molecule has 8 atom stereocenters. The maximum absolute atomic E-state index is 15.9. The highest BCUT2D eigenvalue weighted by Crippen LogP contribution is 2.48. The molecule has 474 valence electrons. The molecule has 6 aliphatic heterocycles. The summed E-state index contributed by atoms with van der Waals surface area (Å²) in [6, 6.07) is 19.4. The number of primary amides is 1. The minimum atomic E-state index is -2.17. The van der Waals surface area contributed by atoms with Crippen LogP contribution in [0.15, 0.2) is 146 Å². The van der Waals surface area contributed by atoms with Gasteiger partial charge in [0.25, 0.3) is 0 Å². The smallest absolute Gasteiger partial charge is 0.248 e. The Bertz CT molecular complexity index is 4430. The van der Waals surface area contributed by atoms with Gasteiger partial charge in [0.1, 0.15) is 88.6 Å². The van der Waals surface area contributed by atoms with Gasteiger partial charge in [0.2, 0.25) is 47.1 Å². The van der Waals surface area contributed by atoms with Crippen molar-refractivity contribution in [3.63, 3.8) is 0 Å². The van der Waals surface area contributed by atoms with E-state index in [0.29, 0.717) is 11.1 Å². The molecule has 0 fully saturated rings. The van der Waals surface area contributed by atoms with E-state index in [0.717, 1.165) is 60.2 Å². The Morgan fingerprint density at radius 3 is 1.89 bits per heavy atom. The number of carbonyl (C=O) groups is 7. The lowest BCUT2D eigenvalue weighted by molar-refractivity contribution is -0.137. The Labute approximate surface area is 536 Å². The minimum Gasteiger partial charge on any atom is -0.508 e. The van der Waals surface area contributed by atoms with Gasteiger partial charge in [-0.1, -0.05) is 83.9 Å². The second-order valence-corrected chi connectivity index (χ2v) is 23.2. The molecule has 17 bridgehead atoms. The zero-order chi connectivity index (χ0) is 65.8. The normalized spacial score (nSPS) is 21.2. The molecular weight excluding hydrogens is 1250 g/mol. The molecule has 25 nitrogen and oxygen atoms in total. The molecule has 15 N–H and O–H groups in total. The van der Waals surface area contributed by atoms with Crippen LogP contribution in [0.3, 0.4) is 0 Å². The molecule has 0 saturated carbocycles. The van der Waals surface area contributed by atoms with Crippen LogP contribution in [0.4, 0.5) is 0 Å². The average molecular weight is 1300 g/mol. The minimum absolute atomic E-state index is 0.0474.